The molecule has 134 valence electrons. The van der Waals surface area contributed by atoms with E-state index >= 15 is 0 Å². The van der Waals surface area contributed by atoms with Crippen molar-refractivity contribution in [2.75, 3.05) is 32.1 Å². The van der Waals surface area contributed by atoms with Crippen molar-refractivity contribution in [2.24, 2.45) is 5.92 Å². The molecule has 0 spiro atoms. The molecule has 0 unspecified atom stereocenters. The van der Waals surface area contributed by atoms with E-state index in [2.05, 4.69) is 15.3 Å². The minimum Gasteiger partial charge on any atom is -0.377 e. The maximum absolute atomic E-state index is 12.4. The van der Waals surface area contributed by atoms with Crippen molar-refractivity contribution in [3.8, 4) is 0 Å². The molecule has 1 aromatic heterocycles. The molecule has 0 bridgehead atoms. The molecule has 0 saturated carbocycles. The van der Waals surface area contributed by atoms with Gasteiger partial charge in [0.05, 0.1) is 0 Å². The first kappa shape index (κ1) is 18.4. The average Bonchev–Trinajstić information content (AvgIpc) is 2.52. The van der Waals surface area contributed by atoms with Crippen LogP contribution in [-0.4, -0.2) is 53.7 Å². The zero-order chi connectivity index (χ0) is 17.7. The molecule has 1 aromatic rings. The van der Waals surface area contributed by atoms with Crippen molar-refractivity contribution < 1.29 is 22.7 Å². The minimum absolute atomic E-state index is 0.127. The van der Waals surface area contributed by atoms with Gasteiger partial charge in [0.25, 0.3) is 0 Å². The van der Waals surface area contributed by atoms with E-state index in [1.165, 1.54) is 0 Å². The van der Waals surface area contributed by atoms with E-state index in [1.54, 1.807) is 7.11 Å². The zero-order valence-corrected chi connectivity index (χ0v) is 13.7. The van der Waals surface area contributed by atoms with Crippen LogP contribution in [0.5, 0.6) is 0 Å². The number of ether oxygens (including phenoxy) is 1. The Morgan fingerprint density at radius 2 is 2.04 bits per heavy atom. The van der Waals surface area contributed by atoms with Crippen LogP contribution in [0.3, 0.4) is 0 Å². The number of nitrogens with zero attached hydrogens (tertiary/aromatic N) is 3. The zero-order valence-electron chi connectivity index (χ0n) is 13.7. The molecule has 24 heavy (non-hydrogen) atoms. The lowest BCUT2D eigenvalue weighted by molar-refractivity contribution is -0.186. The number of halogens is 3. The number of methoxy groups -OCH3 is 1. The number of nitrogens with one attached hydrogen (secondary N) is 1. The van der Waals surface area contributed by atoms with E-state index in [0.29, 0.717) is 37.6 Å². The highest BCUT2D eigenvalue weighted by atomic mass is 19.4. The lowest BCUT2D eigenvalue weighted by Crippen LogP contribution is -2.46. The van der Waals surface area contributed by atoms with Crippen molar-refractivity contribution in [1.29, 1.82) is 0 Å². The third kappa shape index (κ3) is 5.05. The molecule has 1 N–H and O–H groups in total. The van der Waals surface area contributed by atoms with E-state index in [1.807, 2.05) is 13.0 Å². The Balaban J connectivity index is 1.84. The van der Waals surface area contributed by atoms with Crippen LogP contribution >= 0.6 is 0 Å². The lowest BCUT2D eigenvalue weighted by Gasteiger charge is -2.32. The predicted octanol–water partition coefficient (Wildman–Crippen LogP) is 2.14. The first-order chi connectivity index (χ1) is 11.3. The largest absolute Gasteiger partial charge is 0.471 e. The van der Waals surface area contributed by atoms with Crippen molar-refractivity contribution in [1.82, 2.24) is 14.9 Å². The van der Waals surface area contributed by atoms with E-state index in [4.69, 9.17) is 4.74 Å². The van der Waals surface area contributed by atoms with Gasteiger partial charge in [-0.25, -0.2) is 9.97 Å². The van der Waals surface area contributed by atoms with Gasteiger partial charge in [0.15, 0.2) is 5.82 Å². The summed E-state index contributed by atoms with van der Waals surface area (Å²) in [6.07, 6.45) is -3.73. The van der Waals surface area contributed by atoms with Gasteiger partial charge in [-0.05, 0) is 25.7 Å². The summed E-state index contributed by atoms with van der Waals surface area (Å²) in [6.45, 7) is 3.02. The monoisotopic (exact) mass is 346 g/mol. The third-order valence-electron chi connectivity index (χ3n) is 3.89. The highest BCUT2D eigenvalue weighted by Crippen LogP contribution is 2.24. The number of hydrogen-bond donors (Lipinski definition) is 1. The number of aromatic nitrogens is 2. The topological polar surface area (TPSA) is 67.3 Å². The van der Waals surface area contributed by atoms with Crippen LogP contribution in [-0.2, 0) is 16.1 Å². The first-order valence-electron chi connectivity index (χ1n) is 7.73. The van der Waals surface area contributed by atoms with E-state index in [9.17, 15) is 18.0 Å². The SMILES string of the molecule is COCc1nc(C)cc(NCC2CCN(C(=O)C(F)(F)F)CC2)n1. The molecule has 1 aliphatic heterocycles. The number of carbonyl (C=O) groups excluding carboxylic acids is 1. The van der Waals surface area contributed by atoms with E-state index < -0.39 is 12.1 Å². The van der Waals surface area contributed by atoms with Crippen molar-refractivity contribution >= 4 is 11.7 Å². The molecule has 0 atom stereocenters. The quantitative estimate of drug-likeness (QED) is 0.885. The second-order valence-electron chi connectivity index (χ2n) is 5.86. The number of piperidine rings is 1. The summed E-state index contributed by atoms with van der Waals surface area (Å²) in [4.78, 5) is 20.6. The molecule has 2 heterocycles. The number of carbonyl (C=O) groups is 1. The maximum Gasteiger partial charge on any atom is 0.471 e. The number of rotatable bonds is 5. The summed E-state index contributed by atoms with van der Waals surface area (Å²) in [5.41, 5.74) is 0.810. The highest BCUT2D eigenvalue weighted by Gasteiger charge is 2.43. The van der Waals surface area contributed by atoms with Gasteiger partial charge in [-0.1, -0.05) is 0 Å². The van der Waals surface area contributed by atoms with Gasteiger partial charge in [-0.3, -0.25) is 4.79 Å². The smallest absolute Gasteiger partial charge is 0.377 e. The molecule has 2 rings (SSSR count). The van der Waals surface area contributed by atoms with Gasteiger partial charge >= 0.3 is 12.1 Å². The molecule has 0 aliphatic carbocycles. The molecule has 9 heteroatoms. The van der Waals surface area contributed by atoms with Gasteiger partial charge in [0.1, 0.15) is 12.4 Å². The van der Waals surface area contributed by atoms with Gasteiger partial charge in [0, 0.05) is 38.5 Å². The van der Waals surface area contributed by atoms with Gasteiger partial charge in [-0.15, -0.1) is 0 Å². The molecular weight excluding hydrogens is 325 g/mol. The molecule has 1 fully saturated rings. The number of aryl methyl sites for hydroxylation is 1. The number of amides is 1. The minimum atomic E-state index is -4.79. The molecule has 6 nitrogen and oxygen atoms in total. The van der Waals surface area contributed by atoms with Crippen LogP contribution in [0.25, 0.3) is 0 Å². The Hall–Kier alpha value is -1.90. The molecule has 1 saturated heterocycles. The third-order valence-corrected chi connectivity index (χ3v) is 3.89. The summed E-state index contributed by atoms with van der Waals surface area (Å²) in [7, 11) is 1.56. The van der Waals surface area contributed by atoms with Gasteiger partial charge in [0.2, 0.25) is 0 Å². The second kappa shape index (κ2) is 7.78. The number of hydrogen-bond acceptors (Lipinski definition) is 5. The average molecular weight is 346 g/mol. The molecule has 0 radical (unpaired) electrons. The van der Waals surface area contributed by atoms with Crippen LogP contribution in [0.1, 0.15) is 24.4 Å². The normalized spacial score (nSPS) is 16.3. The van der Waals surface area contributed by atoms with E-state index in [0.717, 1.165) is 10.6 Å². The van der Waals surface area contributed by atoms with Gasteiger partial charge in [-0.2, -0.15) is 13.2 Å². The summed E-state index contributed by atoms with van der Waals surface area (Å²) in [6, 6.07) is 1.81. The number of anilines is 1. The maximum atomic E-state index is 12.4. The summed E-state index contributed by atoms with van der Waals surface area (Å²) >= 11 is 0. The van der Waals surface area contributed by atoms with Crippen LogP contribution in [0, 0.1) is 12.8 Å². The molecule has 1 aliphatic rings. The summed E-state index contributed by atoms with van der Waals surface area (Å²) in [5.74, 6) is -0.304. The fourth-order valence-electron chi connectivity index (χ4n) is 2.68. The Morgan fingerprint density at radius 1 is 1.38 bits per heavy atom. The molecular formula is C15H21F3N4O2. The predicted molar refractivity (Wildman–Crippen MR) is 81.3 cm³/mol. The Morgan fingerprint density at radius 3 is 2.62 bits per heavy atom. The second-order valence-corrected chi connectivity index (χ2v) is 5.86. The highest BCUT2D eigenvalue weighted by molar-refractivity contribution is 5.81. The number of likely N-dealkylation sites (tertiary alicyclic amines) is 1. The van der Waals surface area contributed by atoms with Crippen LogP contribution in [0.4, 0.5) is 19.0 Å². The lowest BCUT2D eigenvalue weighted by atomic mass is 9.96. The van der Waals surface area contributed by atoms with Gasteiger partial charge < -0.3 is 15.0 Å². The van der Waals surface area contributed by atoms with Crippen LogP contribution in [0.2, 0.25) is 0 Å². The standard InChI is InChI=1S/C15H21F3N4O2/c1-10-7-12(21-13(20-10)9-24-2)19-8-11-3-5-22(6-4-11)14(23)15(16,17)18/h7,11H,3-6,8-9H2,1-2H3,(H,19,20,21). The van der Waals surface area contributed by atoms with Crippen LogP contribution in [0.15, 0.2) is 6.07 Å². The summed E-state index contributed by atoms with van der Waals surface area (Å²) < 4.78 is 42.2. The van der Waals surface area contributed by atoms with Crippen LogP contribution < -0.4 is 5.32 Å². The van der Waals surface area contributed by atoms with E-state index in [-0.39, 0.29) is 19.0 Å². The Labute approximate surface area is 138 Å². The fourth-order valence-corrected chi connectivity index (χ4v) is 2.68. The van der Waals surface area contributed by atoms with Crippen molar-refractivity contribution in [3.05, 3.63) is 17.6 Å². The Bertz CT molecular complexity index is 572. The first-order valence-corrected chi connectivity index (χ1v) is 7.73. The molecule has 1 amide bonds. The summed E-state index contributed by atoms with van der Waals surface area (Å²) in [5, 5.41) is 3.20. The molecule has 0 aromatic carbocycles. The van der Waals surface area contributed by atoms with Crippen molar-refractivity contribution in [3.63, 3.8) is 0 Å². The fraction of sp³-hybridized carbons (Fsp3) is 0.667. The number of alkyl halides is 3. The Kier molecular flexibility index (Phi) is 5.98. The van der Waals surface area contributed by atoms with Crippen molar-refractivity contribution in [2.45, 2.75) is 32.5 Å².